The predicted molar refractivity (Wildman–Crippen MR) is 97.3 cm³/mol. The second kappa shape index (κ2) is 6.48. The summed E-state index contributed by atoms with van der Waals surface area (Å²) in [7, 11) is 1.61. The van der Waals surface area contributed by atoms with Gasteiger partial charge in [0.1, 0.15) is 5.75 Å². The Hall–Kier alpha value is -1.24. The van der Waals surface area contributed by atoms with Crippen molar-refractivity contribution in [2.45, 2.75) is 4.90 Å². The maximum absolute atomic E-state index is 12.3. The van der Waals surface area contributed by atoms with Crippen molar-refractivity contribution in [3.8, 4) is 5.75 Å². The number of carbonyl (C=O) groups is 1. The van der Waals surface area contributed by atoms with Crippen LogP contribution in [0, 0.1) is 0 Å². The lowest BCUT2D eigenvalue weighted by Gasteiger charge is -2.18. The fraction of sp³-hybridized carbons (Fsp3) is 0.0625. The number of methoxy groups -OCH3 is 1. The standard InChI is InChI=1S/C16H11Br2NO2S/c1-21-15-9(6-10(17)8-11(15)18)7-14-16(20)19-12-4-2-3-5-13(12)22-14/h2-8H,1H3,(H,19,20)/b14-7-. The molecule has 0 atom stereocenters. The third kappa shape index (κ3) is 3.09. The second-order valence-electron chi connectivity index (χ2n) is 4.57. The van der Waals surface area contributed by atoms with Crippen molar-refractivity contribution in [1.29, 1.82) is 0 Å². The molecule has 2 aromatic carbocycles. The van der Waals surface area contributed by atoms with Gasteiger partial charge in [-0.25, -0.2) is 0 Å². The van der Waals surface area contributed by atoms with E-state index in [1.807, 2.05) is 42.5 Å². The molecule has 3 rings (SSSR count). The van der Waals surface area contributed by atoms with Gasteiger partial charge in [-0.3, -0.25) is 4.79 Å². The Morgan fingerprint density at radius 2 is 2.00 bits per heavy atom. The monoisotopic (exact) mass is 439 g/mol. The third-order valence-corrected chi connectivity index (χ3v) is 5.25. The number of para-hydroxylation sites is 1. The summed E-state index contributed by atoms with van der Waals surface area (Å²) in [5, 5.41) is 2.90. The van der Waals surface area contributed by atoms with Gasteiger partial charge in [-0.2, -0.15) is 0 Å². The molecule has 2 aromatic rings. The summed E-state index contributed by atoms with van der Waals surface area (Å²) in [6.45, 7) is 0. The highest BCUT2D eigenvalue weighted by atomic mass is 79.9. The summed E-state index contributed by atoms with van der Waals surface area (Å²) in [5.74, 6) is 0.588. The quantitative estimate of drug-likeness (QED) is 0.643. The van der Waals surface area contributed by atoms with Gasteiger partial charge in [0.2, 0.25) is 0 Å². The van der Waals surface area contributed by atoms with E-state index in [0.29, 0.717) is 10.7 Å². The molecule has 0 radical (unpaired) electrons. The van der Waals surface area contributed by atoms with Gasteiger partial charge in [-0.1, -0.05) is 39.8 Å². The zero-order valence-electron chi connectivity index (χ0n) is 11.5. The van der Waals surface area contributed by atoms with Gasteiger partial charge in [0, 0.05) is 14.9 Å². The lowest BCUT2D eigenvalue weighted by Crippen LogP contribution is -2.17. The molecule has 0 unspecified atom stereocenters. The lowest BCUT2D eigenvalue weighted by atomic mass is 10.2. The second-order valence-corrected chi connectivity index (χ2v) is 7.42. The zero-order chi connectivity index (χ0) is 15.7. The van der Waals surface area contributed by atoms with E-state index in [0.717, 1.165) is 25.1 Å². The minimum atomic E-state index is -0.109. The Bertz CT molecular complexity index is 790. The Labute approximate surface area is 149 Å². The van der Waals surface area contributed by atoms with Crippen LogP contribution in [0.4, 0.5) is 5.69 Å². The molecular weight excluding hydrogens is 430 g/mol. The molecule has 0 aromatic heterocycles. The van der Waals surface area contributed by atoms with E-state index in [9.17, 15) is 4.79 Å². The lowest BCUT2D eigenvalue weighted by molar-refractivity contribution is -0.112. The minimum absolute atomic E-state index is 0.109. The Morgan fingerprint density at radius 3 is 2.77 bits per heavy atom. The molecule has 3 nitrogen and oxygen atoms in total. The molecule has 1 N–H and O–H groups in total. The summed E-state index contributed by atoms with van der Waals surface area (Å²) in [4.78, 5) is 13.9. The molecule has 0 spiro atoms. The average molecular weight is 441 g/mol. The highest BCUT2D eigenvalue weighted by Gasteiger charge is 2.21. The number of hydrogen-bond donors (Lipinski definition) is 1. The fourth-order valence-electron chi connectivity index (χ4n) is 2.15. The smallest absolute Gasteiger partial charge is 0.262 e. The number of rotatable bonds is 2. The van der Waals surface area contributed by atoms with Crippen LogP contribution in [0.1, 0.15) is 5.56 Å². The highest BCUT2D eigenvalue weighted by molar-refractivity contribution is 9.11. The maximum Gasteiger partial charge on any atom is 0.262 e. The van der Waals surface area contributed by atoms with Crippen LogP contribution >= 0.6 is 43.6 Å². The SMILES string of the molecule is COc1c(Br)cc(Br)cc1/C=C1\Sc2ccccc2NC1=O. The number of fused-ring (bicyclic) bond motifs is 1. The maximum atomic E-state index is 12.3. The normalized spacial score (nSPS) is 15.4. The number of ether oxygens (including phenoxy) is 1. The third-order valence-electron chi connectivity index (χ3n) is 3.11. The zero-order valence-corrected chi connectivity index (χ0v) is 15.5. The largest absolute Gasteiger partial charge is 0.495 e. The number of hydrogen-bond acceptors (Lipinski definition) is 3. The Morgan fingerprint density at radius 1 is 1.23 bits per heavy atom. The summed E-state index contributed by atoms with van der Waals surface area (Å²) in [5.41, 5.74) is 1.68. The van der Waals surface area contributed by atoms with E-state index >= 15 is 0 Å². The van der Waals surface area contributed by atoms with Crippen LogP contribution in [0.25, 0.3) is 6.08 Å². The van der Waals surface area contributed by atoms with Crippen LogP contribution in [0.15, 0.2) is 55.1 Å². The first-order valence-corrected chi connectivity index (χ1v) is 8.81. The molecule has 6 heteroatoms. The molecular formula is C16H11Br2NO2S. The summed E-state index contributed by atoms with van der Waals surface area (Å²) < 4.78 is 7.17. The van der Waals surface area contributed by atoms with Gasteiger partial charge in [-0.15, -0.1) is 0 Å². The summed E-state index contributed by atoms with van der Waals surface area (Å²) in [6.07, 6.45) is 1.84. The molecule has 0 bridgehead atoms. The van der Waals surface area contributed by atoms with Gasteiger partial charge >= 0.3 is 0 Å². The Balaban J connectivity index is 2.05. The van der Waals surface area contributed by atoms with E-state index in [-0.39, 0.29) is 5.91 Å². The number of anilines is 1. The molecule has 1 heterocycles. The number of thioether (sulfide) groups is 1. The van der Waals surface area contributed by atoms with E-state index in [2.05, 4.69) is 37.2 Å². The molecule has 0 aliphatic carbocycles. The Kier molecular flexibility index (Phi) is 4.61. The average Bonchev–Trinajstić information content (AvgIpc) is 2.47. The first kappa shape index (κ1) is 15.6. The van der Waals surface area contributed by atoms with Crippen LogP contribution in [-0.4, -0.2) is 13.0 Å². The van der Waals surface area contributed by atoms with Crippen LogP contribution in [0.2, 0.25) is 0 Å². The van der Waals surface area contributed by atoms with Crippen molar-refractivity contribution in [2.24, 2.45) is 0 Å². The summed E-state index contributed by atoms with van der Waals surface area (Å²) in [6, 6.07) is 11.6. The molecule has 0 saturated carbocycles. The minimum Gasteiger partial charge on any atom is -0.495 e. The van der Waals surface area contributed by atoms with Crippen molar-refractivity contribution < 1.29 is 9.53 Å². The van der Waals surface area contributed by atoms with Crippen molar-refractivity contribution in [1.82, 2.24) is 0 Å². The van der Waals surface area contributed by atoms with Crippen LogP contribution in [0.5, 0.6) is 5.75 Å². The van der Waals surface area contributed by atoms with Crippen LogP contribution in [0.3, 0.4) is 0 Å². The molecule has 1 aliphatic heterocycles. The number of carbonyl (C=O) groups excluding carboxylic acids is 1. The van der Waals surface area contributed by atoms with Crippen LogP contribution in [-0.2, 0) is 4.79 Å². The van der Waals surface area contributed by atoms with Gasteiger partial charge in [-0.05, 0) is 46.3 Å². The predicted octanol–water partition coefficient (Wildman–Crippen LogP) is 5.31. The number of benzene rings is 2. The first-order valence-electron chi connectivity index (χ1n) is 6.41. The topological polar surface area (TPSA) is 38.3 Å². The van der Waals surface area contributed by atoms with Crippen molar-refractivity contribution in [2.75, 3.05) is 12.4 Å². The van der Waals surface area contributed by atoms with Gasteiger partial charge in [0.15, 0.2) is 0 Å². The number of nitrogens with one attached hydrogen (secondary N) is 1. The van der Waals surface area contributed by atoms with E-state index < -0.39 is 0 Å². The molecule has 22 heavy (non-hydrogen) atoms. The van der Waals surface area contributed by atoms with Gasteiger partial charge < -0.3 is 10.1 Å². The molecule has 0 saturated heterocycles. The van der Waals surface area contributed by atoms with Gasteiger partial charge in [0.05, 0.1) is 22.2 Å². The van der Waals surface area contributed by atoms with Crippen molar-refractivity contribution in [3.05, 3.63) is 55.8 Å². The van der Waals surface area contributed by atoms with E-state index in [4.69, 9.17) is 4.74 Å². The number of halogens is 2. The fourth-order valence-corrected chi connectivity index (χ4v) is 4.51. The summed E-state index contributed by atoms with van der Waals surface area (Å²) >= 11 is 8.39. The van der Waals surface area contributed by atoms with E-state index in [1.54, 1.807) is 7.11 Å². The van der Waals surface area contributed by atoms with Crippen molar-refractivity contribution >= 4 is 61.3 Å². The molecule has 0 fully saturated rings. The molecule has 112 valence electrons. The first-order chi connectivity index (χ1) is 10.6. The molecule has 1 aliphatic rings. The number of amides is 1. The molecule has 1 amide bonds. The van der Waals surface area contributed by atoms with Gasteiger partial charge in [0.25, 0.3) is 5.91 Å². The van der Waals surface area contributed by atoms with E-state index in [1.165, 1.54) is 11.8 Å². The van der Waals surface area contributed by atoms with Crippen molar-refractivity contribution in [3.63, 3.8) is 0 Å². The van der Waals surface area contributed by atoms with Crippen LogP contribution < -0.4 is 10.1 Å². The highest BCUT2D eigenvalue weighted by Crippen LogP contribution is 2.41.